The summed E-state index contributed by atoms with van der Waals surface area (Å²) in [6.07, 6.45) is -0.119. The molecule has 1 fully saturated rings. The summed E-state index contributed by atoms with van der Waals surface area (Å²) >= 11 is 0. The monoisotopic (exact) mass is 240 g/mol. The summed E-state index contributed by atoms with van der Waals surface area (Å²) in [5, 5.41) is 23.0. The number of carboxylic acid groups (broad SMARTS) is 1. The second kappa shape index (κ2) is 3.73. The van der Waals surface area contributed by atoms with Crippen LogP contribution in [0.2, 0.25) is 0 Å². The number of ether oxygens (including phenoxy) is 1. The van der Waals surface area contributed by atoms with Gasteiger partial charge in [0.15, 0.2) is 6.10 Å². The number of aromatic nitrogens is 2. The molecule has 1 aromatic rings. The third kappa shape index (κ3) is 1.59. The van der Waals surface area contributed by atoms with Crippen LogP contribution in [0, 0.1) is 6.92 Å². The summed E-state index contributed by atoms with van der Waals surface area (Å²) in [4.78, 5) is 11.0. The van der Waals surface area contributed by atoms with Crippen molar-refractivity contribution in [2.45, 2.75) is 31.3 Å². The molecule has 0 bridgehead atoms. The van der Waals surface area contributed by atoms with E-state index in [9.17, 15) is 9.90 Å². The van der Waals surface area contributed by atoms with Crippen molar-refractivity contribution in [2.75, 3.05) is 7.11 Å². The van der Waals surface area contributed by atoms with Gasteiger partial charge in [-0.25, -0.2) is 9.48 Å². The van der Waals surface area contributed by atoms with Crippen molar-refractivity contribution in [3.05, 3.63) is 11.3 Å². The van der Waals surface area contributed by atoms with Gasteiger partial charge in [-0.2, -0.15) is 5.10 Å². The molecule has 1 atom stereocenters. The first-order valence-electron chi connectivity index (χ1n) is 5.43. The number of methoxy groups -OCH3 is 1. The predicted octanol–water partition coefficient (Wildman–Crippen LogP) is 0.214. The van der Waals surface area contributed by atoms with Crippen LogP contribution in [0.4, 0.5) is 0 Å². The van der Waals surface area contributed by atoms with E-state index in [4.69, 9.17) is 9.84 Å². The minimum atomic E-state index is -1.40. The molecule has 0 aromatic carbocycles. The fraction of sp³-hybridized carbons (Fsp3) is 0.636. The van der Waals surface area contributed by atoms with E-state index in [1.165, 1.54) is 7.11 Å². The van der Waals surface area contributed by atoms with Crippen LogP contribution in [0.15, 0.2) is 0 Å². The highest BCUT2D eigenvalue weighted by Crippen LogP contribution is 2.54. The third-order valence-corrected chi connectivity index (χ3v) is 3.41. The number of aryl methyl sites for hydroxylation is 2. The molecule has 0 radical (unpaired) electrons. The van der Waals surface area contributed by atoms with Crippen molar-refractivity contribution in [2.24, 2.45) is 7.05 Å². The van der Waals surface area contributed by atoms with Gasteiger partial charge in [0, 0.05) is 18.0 Å². The number of rotatable bonds is 4. The molecular weight excluding hydrogens is 224 g/mol. The highest BCUT2D eigenvalue weighted by Gasteiger charge is 2.56. The molecule has 94 valence electrons. The standard InChI is InChI=1S/C11H16N2O4/c1-6-7(9(17-3)13(2)12-6)11(4-5-11)8(14)10(15)16/h8,14H,4-5H2,1-3H3,(H,15,16). The molecule has 2 rings (SSSR count). The van der Waals surface area contributed by atoms with E-state index in [-0.39, 0.29) is 0 Å². The summed E-state index contributed by atoms with van der Waals surface area (Å²) in [6.45, 7) is 1.80. The average molecular weight is 240 g/mol. The smallest absolute Gasteiger partial charge is 0.333 e. The van der Waals surface area contributed by atoms with Crippen LogP contribution in [0.1, 0.15) is 24.1 Å². The summed E-state index contributed by atoms with van der Waals surface area (Å²) < 4.78 is 6.82. The number of hydrogen-bond acceptors (Lipinski definition) is 4. The van der Waals surface area contributed by atoms with Crippen LogP contribution < -0.4 is 4.74 Å². The second-order valence-corrected chi connectivity index (χ2v) is 4.49. The molecule has 1 aromatic heterocycles. The van der Waals surface area contributed by atoms with Crippen molar-refractivity contribution < 1.29 is 19.7 Å². The molecule has 1 saturated carbocycles. The van der Waals surface area contributed by atoms with E-state index in [0.717, 1.165) is 5.56 Å². The van der Waals surface area contributed by atoms with Gasteiger partial charge in [0.05, 0.1) is 12.8 Å². The first-order valence-corrected chi connectivity index (χ1v) is 5.43. The molecule has 1 unspecified atom stereocenters. The lowest BCUT2D eigenvalue weighted by Gasteiger charge is -2.19. The Bertz CT molecular complexity index is 462. The predicted molar refractivity (Wildman–Crippen MR) is 59.1 cm³/mol. The number of aliphatic hydroxyl groups is 1. The van der Waals surface area contributed by atoms with Crippen LogP contribution in [0.3, 0.4) is 0 Å². The van der Waals surface area contributed by atoms with E-state index in [2.05, 4.69) is 5.10 Å². The normalized spacial score (nSPS) is 18.8. The molecule has 1 aliphatic carbocycles. The van der Waals surface area contributed by atoms with Crippen LogP contribution in [0.25, 0.3) is 0 Å². The molecule has 2 N–H and O–H groups in total. The fourth-order valence-electron chi connectivity index (χ4n) is 2.48. The second-order valence-electron chi connectivity index (χ2n) is 4.49. The van der Waals surface area contributed by atoms with Gasteiger partial charge in [0.1, 0.15) is 0 Å². The van der Waals surface area contributed by atoms with E-state index in [1.807, 2.05) is 0 Å². The quantitative estimate of drug-likeness (QED) is 0.786. The van der Waals surface area contributed by atoms with Gasteiger partial charge >= 0.3 is 5.97 Å². The Morgan fingerprint density at radius 3 is 2.59 bits per heavy atom. The number of aliphatic carboxylic acids is 1. The lowest BCUT2D eigenvalue weighted by Crippen LogP contribution is -2.34. The molecule has 0 spiro atoms. The maximum Gasteiger partial charge on any atom is 0.333 e. The zero-order valence-corrected chi connectivity index (χ0v) is 10.1. The zero-order valence-electron chi connectivity index (χ0n) is 10.1. The highest BCUT2D eigenvalue weighted by atomic mass is 16.5. The lowest BCUT2D eigenvalue weighted by atomic mass is 9.90. The molecule has 1 aliphatic rings. The van der Waals surface area contributed by atoms with E-state index in [0.29, 0.717) is 24.4 Å². The third-order valence-electron chi connectivity index (χ3n) is 3.41. The SMILES string of the molecule is COc1c(C2(C(O)C(=O)O)CC2)c(C)nn1C. The molecule has 1 heterocycles. The molecular formula is C11H16N2O4. The number of aliphatic hydroxyl groups excluding tert-OH is 1. The number of carbonyl (C=O) groups is 1. The van der Waals surface area contributed by atoms with Gasteiger partial charge in [0.25, 0.3) is 0 Å². The Balaban J connectivity index is 2.50. The van der Waals surface area contributed by atoms with Gasteiger partial charge < -0.3 is 14.9 Å². The van der Waals surface area contributed by atoms with Crippen LogP contribution in [-0.4, -0.2) is 39.2 Å². The highest BCUT2D eigenvalue weighted by molar-refractivity contribution is 5.76. The van der Waals surface area contributed by atoms with Crippen LogP contribution in [-0.2, 0) is 17.3 Å². The lowest BCUT2D eigenvalue weighted by molar-refractivity contribution is -0.148. The Hall–Kier alpha value is -1.56. The van der Waals surface area contributed by atoms with Gasteiger partial charge in [-0.3, -0.25) is 0 Å². The average Bonchev–Trinajstić information content (AvgIpc) is 2.99. The van der Waals surface area contributed by atoms with Gasteiger partial charge in [0.2, 0.25) is 5.88 Å². The Labute approximate surface area is 98.8 Å². The Morgan fingerprint density at radius 2 is 2.18 bits per heavy atom. The largest absolute Gasteiger partial charge is 0.481 e. The first kappa shape index (κ1) is 11.9. The van der Waals surface area contributed by atoms with Crippen molar-refractivity contribution >= 4 is 5.97 Å². The van der Waals surface area contributed by atoms with Gasteiger partial charge in [-0.15, -0.1) is 0 Å². The Morgan fingerprint density at radius 1 is 1.59 bits per heavy atom. The van der Waals surface area contributed by atoms with Crippen LogP contribution in [0.5, 0.6) is 5.88 Å². The fourth-order valence-corrected chi connectivity index (χ4v) is 2.48. The molecule has 0 amide bonds. The number of hydrogen-bond donors (Lipinski definition) is 2. The minimum absolute atomic E-state index is 0.528. The zero-order chi connectivity index (χ0) is 12.8. The topological polar surface area (TPSA) is 84.6 Å². The summed E-state index contributed by atoms with van der Waals surface area (Å²) in [5.74, 6) is -0.673. The maximum absolute atomic E-state index is 11.0. The van der Waals surface area contributed by atoms with Crippen molar-refractivity contribution in [3.63, 3.8) is 0 Å². The molecule has 6 heteroatoms. The molecule has 6 nitrogen and oxygen atoms in total. The van der Waals surface area contributed by atoms with E-state index in [1.54, 1.807) is 18.7 Å². The summed E-state index contributed by atoms with van der Waals surface area (Å²) in [6, 6.07) is 0. The van der Waals surface area contributed by atoms with Crippen molar-refractivity contribution in [1.82, 2.24) is 9.78 Å². The van der Waals surface area contributed by atoms with Gasteiger partial charge in [-0.05, 0) is 19.8 Å². The maximum atomic E-state index is 11.0. The minimum Gasteiger partial charge on any atom is -0.481 e. The first-order chi connectivity index (χ1) is 7.94. The summed E-state index contributed by atoms with van der Waals surface area (Å²) in [5.41, 5.74) is 0.703. The number of carboxylic acids is 1. The Kier molecular flexibility index (Phi) is 2.61. The van der Waals surface area contributed by atoms with E-state index >= 15 is 0 Å². The van der Waals surface area contributed by atoms with Crippen molar-refractivity contribution in [1.29, 1.82) is 0 Å². The van der Waals surface area contributed by atoms with Gasteiger partial charge in [-0.1, -0.05) is 0 Å². The summed E-state index contributed by atoms with van der Waals surface area (Å²) in [7, 11) is 3.25. The number of nitrogens with zero attached hydrogens (tertiary/aromatic N) is 2. The molecule has 17 heavy (non-hydrogen) atoms. The van der Waals surface area contributed by atoms with E-state index < -0.39 is 17.5 Å². The molecule has 0 saturated heterocycles. The van der Waals surface area contributed by atoms with Crippen molar-refractivity contribution in [3.8, 4) is 5.88 Å². The molecule has 0 aliphatic heterocycles. The van der Waals surface area contributed by atoms with Crippen LogP contribution >= 0.6 is 0 Å².